The fraction of sp³-hybridized carbons (Fsp3) is 0.938. The Bertz CT molecular complexity index is 1620. The van der Waals surface area contributed by atoms with E-state index >= 15 is 0 Å². The summed E-state index contributed by atoms with van der Waals surface area (Å²) in [5.74, 6) is -1.47. The van der Waals surface area contributed by atoms with Gasteiger partial charge in [-0.05, 0) is 31.6 Å². The number of hydrogen-bond acceptors (Lipinski definition) is 15. The number of esters is 4. The van der Waals surface area contributed by atoms with Crippen molar-refractivity contribution in [3.63, 3.8) is 0 Å². The van der Waals surface area contributed by atoms with Gasteiger partial charge in [0.05, 0.1) is 26.4 Å². The highest BCUT2D eigenvalue weighted by Gasteiger charge is 2.30. The van der Waals surface area contributed by atoms with E-state index in [1.807, 2.05) is 0 Å². The van der Waals surface area contributed by atoms with Crippen LogP contribution in [0.25, 0.3) is 0 Å². The van der Waals surface area contributed by atoms with Crippen molar-refractivity contribution >= 4 is 39.5 Å². The largest absolute Gasteiger partial charge is 0.472 e. The van der Waals surface area contributed by atoms with Gasteiger partial charge in [0.2, 0.25) is 0 Å². The highest BCUT2D eigenvalue weighted by Crippen LogP contribution is 2.45. The van der Waals surface area contributed by atoms with Gasteiger partial charge in [-0.15, -0.1) is 0 Å². The summed E-state index contributed by atoms with van der Waals surface area (Å²) in [4.78, 5) is 72.1. The molecule has 3 N–H and O–H groups in total. The molecular formula is C64H124O17P2. The first-order valence-corrected chi connectivity index (χ1v) is 36.6. The summed E-state index contributed by atoms with van der Waals surface area (Å²) in [6.45, 7) is 7.09. The molecule has 0 aromatic heterocycles. The molecular weight excluding hydrogens is 1100 g/mol. The quantitative estimate of drug-likeness (QED) is 0.0222. The molecule has 19 heteroatoms. The summed E-state index contributed by atoms with van der Waals surface area (Å²) in [6.07, 6.45) is 41.8. The number of hydrogen-bond donors (Lipinski definition) is 3. The minimum atomic E-state index is -4.94. The van der Waals surface area contributed by atoms with Crippen LogP contribution in [0.4, 0.5) is 0 Å². The molecule has 0 radical (unpaired) electrons. The van der Waals surface area contributed by atoms with Crippen molar-refractivity contribution in [2.45, 2.75) is 342 Å². The van der Waals surface area contributed by atoms with Gasteiger partial charge in [0.1, 0.15) is 19.3 Å². The fourth-order valence-corrected chi connectivity index (χ4v) is 11.2. The number of unbranched alkanes of at least 4 members (excludes halogenated alkanes) is 36. The van der Waals surface area contributed by atoms with Crippen molar-refractivity contribution in [1.29, 1.82) is 0 Å². The molecule has 0 aliphatic carbocycles. The molecule has 0 amide bonds. The maximum absolute atomic E-state index is 13.0. The molecule has 5 atom stereocenters. The van der Waals surface area contributed by atoms with Crippen LogP contribution in [0.2, 0.25) is 0 Å². The third kappa shape index (κ3) is 58.8. The Kier molecular flexibility index (Phi) is 56.4. The molecule has 0 saturated carbocycles. The first-order valence-electron chi connectivity index (χ1n) is 33.6. The zero-order chi connectivity index (χ0) is 61.3. The van der Waals surface area contributed by atoms with Gasteiger partial charge in [-0.3, -0.25) is 37.3 Å². The molecule has 0 bridgehead atoms. The number of rotatable bonds is 64. The number of phosphoric acid groups is 2. The van der Waals surface area contributed by atoms with Gasteiger partial charge in [-0.25, -0.2) is 9.13 Å². The topological polar surface area (TPSA) is 237 Å². The minimum Gasteiger partial charge on any atom is -0.462 e. The van der Waals surface area contributed by atoms with E-state index in [4.69, 9.17) is 37.0 Å². The molecule has 83 heavy (non-hydrogen) atoms. The monoisotopic (exact) mass is 1230 g/mol. The van der Waals surface area contributed by atoms with Crippen molar-refractivity contribution in [1.82, 2.24) is 0 Å². The number of aliphatic hydroxyl groups is 1. The van der Waals surface area contributed by atoms with E-state index in [1.54, 1.807) is 0 Å². The summed E-state index contributed by atoms with van der Waals surface area (Å²) in [6, 6.07) is 0. The Morgan fingerprint density at radius 1 is 0.325 bits per heavy atom. The number of carbonyl (C=O) groups excluding carboxylic acids is 4. The van der Waals surface area contributed by atoms with Crippen LogP contribution in [0.15, 0.2) is 0 Å². The summed E-state index contributed by atoms with van der Waals surface area (Å²) in [5, 5.41) is 10.5. The molecule has 17 nitrogen and oxygen atoms in total. The second-order valence-electron chi connectivity index (χ2n) is 23.6. The van der Waals surface area contributed by atoms with Crippen LogP contribution in [0.5, 0.6) is 0 Å². The summed E-state index contributed by atoms with van der Waals surface area (Å²) < 4.78 is 67.9. The SMILES string of the molecule is CCCCCCCCCCCCCCCCC(=O)O[C@H](COC(=O)CCCCCCCCCCCCC)COP(=O)(O)OC[C@@H](O)COP(=O)(O)OC[C@@H](COC(=O)CCCCCCCCCCC)OC(=O)CCCCCCCCC(C)C. The Labute approximate surface area is 505 Å². The number of carbonyl (C=O) groups is 4. The van der Waals surface area contributed by atoms with Crippen LogP contribution in [0, 0.1) is 5.92 Å². The van der Waals surface area contributed by atoms with Crippen LogP contribution in [0.1, 0.15) is 324 Å². The summed E-state index contributed by atoms with van der Waals surface area (Å²) in [5.41, 5.74) is 0. The van der Waals surface area contributed by atoms with Crippen molar-refractivity contribution in [2.75, 3.05) is 39.6 Å². The van der Waals surface area contributed by atoms with Gasteiger partial charge >= 0.3 is 39.5 Å². The molecule has 0 fully saturated rings. The third-order valence-electron chi connectivity index (χ3n) is 14.8. The Balaban J connectivity index is 5.22. The Morgan fingerprint density at radius 2 is 0.554 bits per heavy atom. The zero-order valence-corrected chi connectivity index (χ0v) is 55.1. The average Bonchev–Trinajstić information content (AvgIpc) is 3.45. The third-order valence-corrected chi connectivity index (χ3v) is 16.7. The summed E-state index contributed by atoms with van der Waals surface area (Å²) >= 11 is 0. The van der Waals surface area contributed by atoms with E-state index in [2.05, 4.69) is 34.6 Å². The van der Waals surface area contributed by atoms with Crippen molar-refractivity contribution in [2.24, 2.45) is 5.92 Å². The second kappa shape index (κ2) is 57.8. The highest BCUT2D eigenvalue weighted by atomic mass is 31.2. The van der Waals surface area contributed by atoms with Gasteiger partial charge in [-0.1, -0.05) is 272 Å². The number of aliphatic hydroxyl groups excluding tert-OH is 1. The van der Waals surface area contributed by atoms with Gasteiger partial charge in [0.25, 0.3) is 0 Å². The molecule has 0 aromatic rings. The van der Waals surface area contributed by atoms with E-state index < -0.39 is 97.5 Å². The Morgan fingerprint density at radius 3 is 0.819 bits per heavy atom. The molecule has 0 aliphatic rings. The average molecular weight is 1230 g/mol. The minimum absolute atomic E-state index is 0.102. The second-order valence-corrected chi connectivity index (χ2v) is 26.5. The van der Waals surface area contributed by atoms with E-state index in [9.17, 15) is 43.2 Å². The van der Waals surface area contributed by atoms with Crippen LogP contribution in [-0.4, -0.2) is 96.7 Å². The lowest BCUT2D eigenvalue weighted by molar-refractivity contribution is -0.161. The zero-order valence-electron chi connectivity index (χ0n) is 53.3. The molecule has 0 saturated heterocycles. The first-order chi connectivity index (χ1) is 40.0. The standard InChI is InChI=1S/C64H124O17P2/c1-6-9-12-15-18-21-23-24-25-27-30-33-39-44-49-63(68)80-59(53-75-62(67)48-43-38-32-29-26-22-19-16-13-10-7-2)55-78-82(70,71)76-51-58(65)52-77-83(72,73)79-56-60(81-64(69)50-45-40-35-34-36-41-46-57(4)5)54-74-61(66)47-42-37-31-28-20-17-14-11-8-3/h57-60,65H,6-56H2,1-5H3,(H,70,71)(H,72,73)/t58-,59-,60-/m1/s1. The van der Waals surface area contributed by atoms with E-state index in [-0.39, 0.29) is 25.7 Å². The maximum atomic E-state index is 13.0. The van der Waals surface area contributed by atoms with Crippen molar-refractivity contribution in [3.8, 4) is 0 Å². The van der Waals surface area contributed by atoms with Crippen LogP contribution >= 0.6 is 15.6 Å². The van der Waals surface area contributed by atoms with Crippen LogP contribution < -0.4 is 0 Å². The molecule has 0 heterocycles. The predicted octanol–water partition coefficient (Wildman–Crippen LogP) is 17.8. The smallest absolute Gasteiger partial charge is 0.462 e. The molecule has 0 aromatic carbocycles. The van der Waals surface area contributed by atoms with E-state index in [0.29, 0.717) is 31.6 Å². The highest BCUT2D eigenvalue weighted by molar-refractivity contribution is 7.47. The first kappa shape index (κ1) is 81.1. The normalized spacial score (nSPS) is 14.2. The molecule has 0 spiro atoms. The molecule has 2 unspecified atom stereocenters. The van der Waals surface area contributed by atoms with Gasteiger partial charge in [0.15, 0.2) is 12.2 Å². The van der Waals surface area contributed by atoms with Crippen LogP contribution in [-0.2, 0) is 65.4 Å². The molecule has 492 valence electrons. The van der Waals surface area contributed by atoms with E-state index in [0.717, 1.165) is 89.9 Å². The number of ether oxygens (including phenoxy) is 4. The molecule has 0 aliphatic heterocycles. The predicted molar refractivity (Wildman–Crippen MR) is 331 cm³/mol. The Hall–Kier alpha value is -1.94. The maximum Gasteiger partial charge on any atom is 0.472 e. The van der Waals surface area contributed by atoms with E-state index in [1.165, 1.54) is 148 Å². The summed E-state index contributed by atoms with van der Waals surface area (Å²) in [7, 11) is -9.88. The van der Waals surface area contributed by atoms with Crippen LogP contribution in [0.3, 0.4) is 0 Å². The van der Waals surface area contributed by atoms with Crippen molar-refractivity contribution < 1.29 is 80.2 Å². The van der Waals surface area contributed by atoms with Crippen molar-refractivity contribution in [3.05, 3.63) is 0 Å². The van der Waals surface area contributed by atoms with Gasteiger partial charge < -0.3 is 33.8 Å². The fourth-order valence-electron chi connectivity index (χ4n) is 9.58. The molecule has 0 rings (SSSR count). The lowest BCUT2D eigenvalue weighted by Gasteiger charge is -2.21. The van der Waals surface area contributed by atoms with Gasteiger partial charge in [-0.2, -0.15) is 0 Å². The number of phosphoric ester groups is 2. The van der Waals surface area contributed by atoms with Gasteiger partial charge in [0, 0.05) is 25.7 Å². The lowest BCUT2D eigenvalue weighted by Crippen LogP contribution is -2.30. The lowest BCUT2D eigenvalue weighted by atomic mass is 10.0.